The third-order valence-electron chi connectivity index (χ3n) is 6.52. The molecule has 4 N–H and O–H groups in total. The SMILES string of the molecule is CC(C)CCCCCCCCCCCCCCOCCCOP(=O)(O)CO[C@H](CO)Cn1ccc(N)nc1=O. The lowest BCUT2D eigenvalue weighted by Gasteiger charge is -2.19. The van der Waals surface area contributed by atoms with Gasteiger partial charge >= 0.3 is 13.3 Å². The molecule has 1 rings (SSSR count). The molecule has 1 aromatic heterocycles. The molecule has 39 heavy (non-hydrogen) atoms. The lowest BCUT2D eigenvalue weighted by atomic mass is 10.0. The molecule has 0 radical (unpaired) electrons. The molecule has 0 saturated heterocycles. The lowest BCUT2D eigenvalue weighted by molar-refractivity contribution is 0.0162. The molecule has 0 aliphatic rings. The number of nitrogens with two attached hydrogens (primary N) is 1. The van der Waals surface area contributed by atoms with Gasteiger partial charge in [0.1, 0.15) is 12.2 Å². The number of hydrogen-bond acceptors (Lipinski definition) is 8. The highest BCUT2D eigenvalue weighted by molar-refractivity contribution is 7.52. The van der Waals surface area contributed by atoms with Crippen LogP contribution in [0.5, 0.6) is 0 Å². The summed E-state index contributed by atoms with van der Waals surface area (Å²) in [7, 11) is -3.99. The van der Waals surface area contributed by atoms with Gasteiger partial charge in [0, 0.05) is 19.4 Å². The van der Waals surface area contributed by atoms with Crippen LogP contribution in [0, 0.1) is 5.92 Å². The minimum atomic E-state index is -3.99. The van der Waals surface area contributed by atoms with E-state index in [9.17, 15) is 19.4 Å². The largest absolute Gasteiger partial charge is 0.394 e. The van der Waals surface area contributed by atoms with E-state index in [2.05, 4.69) is 18.8 Å². The summed E-state index contributed by atoms with van der Waals surface area (Å²) >= 11 is 0. The van der Waals surface area contributed by atoms with Crippen LogP contribution >= 0.6 is 7.60 Å². The Kier molecular flexibility index (Phi) is 20.5. The van der Waals surface area contributed by atoms with Crippen molar-refractivity contribution in [3.8, 4) is 0 Å². The summed E-state index contributed by atoms with van der Waals surface area (Å²) in [6, 6.07) is 1.44. The number of ether oxygens (including phenoxy) is 2. The van der Waals surface area contributed by atoms with Gasteiger partial charge < -0.3 is 29.7 Å². The maximum absolute atomic E-state index is 12.2. The van der Waals surface area contributed by atoms with Crippen LogP contribution in [0.4, 0.5) is 5.82 Å². The van der Waals surface area contributed by atoms with Crippen LogP contribution in [0.2, 0.25) is 0 Å². The van der Waals surface area contributed by atoms with Crippen LogP contribution in [0.3, 0.4) is 0 Å². The first-order valence-corrected chi connectivity index (χ1v) is 16.6. The Morgan fingerprint density at radius 1 is 0.923 bits per heavy atom. The van der Waals surface area contributed by atoms with Gasteiger partial charge in [-0.3, -0.25) is 9.13 Å². The number of hydrogen-bond donors (Lipinski definition) is 3. The van der Waals surface area contributed by atoms with Crippen molar-refractivity contribution in [2.24, 2.45) is 5.92 Å². The van der Waals surface area contributed by atoms with Crippen molar-refractivity contribution >= 4 is 13.4 Å². The van der Waals surface area contributed by atoms with E-state index in [1.165, 1.54) is 93.9 Å². The molecular weight excluding hydrogens is 521 g/mol. The molecule has 0 aromatic carbocycles. The fourth-order valence-corrected chi connectivity index (χ4v) is 5.08. The molecule has 0 bridgehead atoms. The molecule has 0 amide bonds. The summed E-state index contributed by atoms with van der Waals surface area (Å²) in [5.74, 6) is 0.927. The Hall–Kier alpha value is -1.29. The molecule has 0 spiro atoms. The Labute approximate surface area is 235 Å². The summed E-state index contributed by atoms with van der Waals surface area (Å²) < 4.78 is 29.4. The first kappa shape index (κ1) is 35.7. The van der Waals surface area contributed by atoms with E-state index in [1.807, 2.05) is 0 Å². The van der Waals surface area contributed by atoms with Crippen LogP contribution in [-0.2, 0) is 25.1 Å². The fraction of sp³-hybridized carbons (Fsp3) is 0.857. The van der Waals surface area contributed by atoms with Crippen LogP contribution in [0.25, 0.3) is 0 Å². The number of nitrogens with zero attached hydrogens (tertiary/aromatic N) is 2. The number of nitrogen functional groups attached to an aromatic ring is 1. The molecule has 1 unspecified atom stereocenters. The second kappa shape index (κ2) is 22.4. The average Bonchev–Trinajstić information content (AvgIpc) is 2.88. The zero-order chi connectivity index (χ0) is 28.8. The number of rotatable bonds is 26. The molecule has 1 heterocycles. The summed E-state index contributed by atoms with van der Waals surface area (Å²) in [6.45, 7) is 5.35. The van der Waals surface area contributed by atoms with Gasteiger partial charge in [-0.05, 0) is 24.8 Å². The predicted molar refractivity (Wildman–Crippen MR) is 156 cm³/mol. The monoisotopic (exact) mass is 575 g/mol. The number of aliphatic hydroxyl groups excluding tert-OH is 1. The molecule has 0 fully saturated rings. The van der Waals surface area contributed by atoms with E-state index in [0.717, 1.165) is 12.3 Å². The second-order valence-electron chi connectivity index (χ2n) is 10.7. The smallest absolute Gasteiger partial charge is 0.353 e. The van der Waals surface area contributed by atoms with Gasteiger partial charge in [-0.2, -0.15) is 4.98 Å². The summed E-state index contributed by atoms with van der Waals surface area (Å²) in [4.78, 5) is 25.3. The minimum Gasteiger partial charge on any atom is -0.394 e. The van der Waals surface area contributed by atoms with E-state index in [-0.39, 0.29) is 19.0 Å². The first-order valence-electron chi connectivity index (χ1n) is 14.8. The summed E-state index contributed by atoms with van der Waals surface area (Å²) in [5.41, 5.74) is 4.86. The van der Waals surface area contributed by atoms with Gasteiger partial charge in [-0.15, -0.1) is 0 Å². The maximum atomic E-state index is 12.2. The molecule has 0 saturated carbocycles. The third-order valence-corrected chi connectivity index (χ3v) is 7.58. The summed E-state index contributed by atoms with van der Waals surface area (Å²) in [6.07, 6.45) is 17.6. The molecule has 11 heteroatoms. The van der Waals surface area contributed by atoms with Crippen LogP contribution in [0.15, 0.2) is 17.1 Å². The van der Waals surface area contributed by atoms with Crippen LogP contribution in [0.1, 0.15) is 104 Å². The van der Waals surface area contributed by atoms with Crippen LogP contribution < -0.4 is 11.4 Å². The van der Waals surface area contributed by atoms with E-state index in [0.29, 0.717) is 19.6 Å². The average molecular weight is 576 g/mol. The number of anilines is 1. The number of aliphatic hydroxyl groups is 1. The van der Waals surface area contributed by atoms with Gasteiger partial charge in [-0.25, -0.2) is 4.79 Å². The predicted octanol–water partition coefficient (Wildman–Crippen LogP) is 5.50. The zero-order valence-electron chi connectivity index (χ0n) is 24.3. The van der Waals surface area contributed by atoms with Gasteiger partial charge in [-0.1, -0.05) is 90.9 Å². The minimum absolute atomic E-state index is 0.0325. The van der Waals surface area contributed by atoms with Gasteiger partial charge in [0.05, 0.1) is 25.9 Å². The molecule has 0 aliphatic carbocycles. The normalized spacial score (nSPS) is 14.1. The quantitative estimate of drug-likeness (QED) is 0.0963. The van der Waals surface area contributed by atoms with Crippen molar-refractivity contribution in [2.75, 3.05) is 38.5 Å². The Balaban J connectivity index is 1.93. The van der Waals surface area contributed by atoms with E-state index >= 15 is 0 Å². The maximum Gasteiger partial charge on any atom is 0.353 e. The zero-order valence-corrected chi connectivity index (χ0v) is 25.2. The van der Waals surface area contributed by atoms with Gasteiger partial charge in [0.2, 0.25) is 0 Å². The topological polar surface area (TPSA) is 146 Å². The van der Waals surface area contributed by atoms with E-state index in [1.54, 1.807) is 0 Å². The molecule has 10 nitrogen and oxygen atoms in total. The molecule has 228 valence electrons. The van der Waals surface area contributed by atoms with Gasteiger partial charge in [0.15, 0.2) is 0 Å². The lowest BCUT2D eigenvalue weighted by Crippen LogP contribution is -2.32. The Morgan fingerprint density at radius 3 is 2.05 bits per heavy atom. The van der Waals surface area contributed by atoms with Crippen molar-refractivity contribution in [3.05, 3.63) is 22.7 Å². The van der Waals surface area contributed by atoms with Gasteiger partial charge in [0.25, 0.3) is 0 Å². The van der Waals surface area contributed by atoms with Crippen molar-refractivity contribution in [1.82, 2.24) is 9.55 Å². The van der Waals surface area contributed by atoms with Crippen molar-refractivity contribution < 1.29 is 28.6 Å². The van der Waals surface area contributed by atoms with Crippen molar-refractivity contribution in [1.29, 1.82) is 0 Å². The van der Waals surface area contributed by atoms with E-state index in [4.69, 9.17) is 19.7 Å². The molecular formula is C28H54N3O7P. The first-order chi connectivity index (χ1) is 18.7. The molecule has 2 atom stereocenters. The summed E-state index contributed by atoms with van der Waals surface area (Å²) in [5, 5.41) is 9.47. The highest BCUT2D eigenvalue weighted by Crippen LogP contribution is 2.42. The number of unbranched alkanes of at least 4 members (excludes halogenated alkanes) is 11. The van der Waals surface area contributed by atoms with Crippen molar-refractivity contribution in [3.63, 3.8) is 0 Å². The highest BCUT2D eigenvalue weighted by atomic mass is 31.2. The Bertz CT molecular complexity index is 838. The van der Waals surface area contributed by atoms with E-state index < -0.39 is 32.3 Å². The Morgan fingerprint density at radius 2 is 1.49 bits per heavy atom. The molecule has 1 aromatic rings. The van der Waals surface area contributed by atoms with Crippen molar-refractivity contribution in [2.45, 2.75) is 116 Å². The highest BCUT2D eigenvalue weighted by Gasteiger charge is 2.22. The van der Waals surface area contributed by atoms with Crippen LogP contribution in [-0.4, -0.2) is 58.4 Å². The third kappa shape index (κ3) is 20.3. The second-order valence-corrected chi connectivity index (χ2v) is 12.5. The molecule has 0 aliphatic heterocycles. The fourth-order valence-electron chi connectivity index (χ4n) is 4.20. The number of aromatic nitrogens is 2. The standard InChI is InChI=1S/C28H54N3O7P/c1-25(2)16-13-11-9-7-5-3-4-6-8-10-12-14-19-36-20-15-21-38-39(34,35)24-37-26(23-32)22-31-18-17-27(29)30-28(31)33/h17-18,25-26,32H,3-16,19-24H2,1-2H3,(H,34,35)(H2,29,30,33)/t26-/m0/s1.